The smallest absolute Gasteiger partial charge is 0.322 e. The molecule has 0 radical (unpaired) electrons. The number of alkyl halides is 3. The number of rotatable bonds is 6. The average Bonchev–Trinajstić information content (AvgIpc) is 2.72. The average molecular weight is 447 g/mol. The third kappa shape index (κ3) is 6.16. The fourth-order valence-electron chi connectivity index (χ4n) is 2.54. The van der Waals surface area contributed by atoms with E-state index in [1.807, 2.05) is 0 Å². The number of pyridine rings is 1. The van der Waals surface area contributed by atoms with Gasteiger partial charge in [-0.15, -0.1) is 0 Å². The Morgan fingerprint density at radius 2 is 1.71 bits per heavy atom. The highest BCUT2D eigenvalue weighted by molar-refractivity contribution is 7.92. The van der Waals surface area contributed by atoms with Crippen molar-refractivity contribution in [2.75, 3.05) is 10.0 Å². The van der Waals surface area contributed by atoms with Gasteiger partial charge in [-0.1, -0.05) is 18.2 Å². The van der Waals surface area contributed by atoms with Crippen LogP contribution in [0.2, 0.25) is 0 Å². The van der Waals surface area contributed by atoms with Gasteiger partial charge in [0, 0.05) is 29.8 Å². The number of aromatic nitrogens is 1. The van der Waals surface area contributed by atoms with E-state index in [-0.39, 0.29) is 16.3 Å². The van der Waals surface area contributed by atoms with E-state index in [2.05, 4.69) is 15.0 Å². The molecule has 31 heavy (non-hydrogen) atoms. The summed E-state index contributed by atoms with van der Waals surface area (Å²) in [7, 11) is -4.18. The van der Waals surface area contributed by atoms with Crippen molar-refractivity contribution >= 4 is 33.4 Å². The fourth-order valence-corrected chi connectivity index (χ4v) is 3.64. The van der Waals surface area contributed by atoms with Crippen molar-refractivity contribution in [3.63, 3.8) is 0 Å². The summed E-state index contributed by atoms with van der Waals surface area (Å²) in [5.41, 5.74) is -0.301. The van der Waals surface area contributed by atoms with E-state index in [4.69, 9.17) is 0 Å². The summed E-state index contributed by atoms with van der Waals surface area (Å²) >= 11 is 0. The summed E-state index contributed by atoms with van der Waals surface area (Å²) < 4.78 is 65.8. The molecule has 0 aliphatic rings. The SMILES string of the molecule is O=C(C=Cc1cccnc1)Nc1cccc(S(=O)(=O)Nc2cccc(C(F)(F)F)c2)c1. The van der Waals surface area contributed by atoms with Crippen molar-refractivity contribution in [1.82, 2.24) is 4.98 Å². The molecule has 0 saturated heterocycles. The van der Waals surface area contributed by atoms with Gasteiger partial charge in [-0.05, 0) is 54.1 Å². The molecule has 0 spiro atoms. The van der Waals surface area contributed by atoms with Gasteiger partial charge >= 0.3 is 6.18 Å². The van der Waals surface area contributed by atoms with Crippen molar-refractivity contribution in [2.24, 2.45) is 0 Å². The lowest BCUT2D eigenvalue weighted by Crippen LogP contribution is -2.15. The number of carbonyl (C=O) groups excluding carboxylic acids is 1. The number of benzene rings is 2. The maximum atomic E-state index is 12.8. The van der Waals surface area contributed by atoms with Crippen LogP contribution in [-0.2, 0) is 21.0 Å². The van der Waals surface area contributed by atoms with Gasteiger partial charge in [0.05, 0.1) is 10.5 Å². The maximum Gasteiger partial charge on any atom is 0.416 e. The van der Waals surface area contributed by atoms with E-state index in [9.17, 15) is 26.4 Å². The summed E-state index contributed by atoms with van der Waals surface area (Å²) in [4.78, 5) is 15.8. The first kappa shape index (κ1) is 22.0. The Bertz CT molecular complexity index is 1210. The molecule has 0 unspecified atom stereocenters. The zero-order valence-corrected chi connectivity index (χ0v) is 16.6. The van der Waals surface area contributed by atoms with Gasteiger partial charge in [-0.25, -0.2) is 8.42 Å². The number of carbonyl (C=O) groups is 1. The molecule has 3 aromatic rings. The van der Waals surface area contributed by atoms with Crippen molar-refractivity contribution in [2.45, 2.75) is 11.1 Å². The van der Waals surface area contributed by atoms with E-state index < -0.39 is 27.7 Å². The van der Waals surface area contributed by atoms with Crippen LogP contribution >= 0.6 is 0 Å². The molecule has 0 aliphatic carbocycles. The first-order valence-electron chi connectivity index (χ1n) is 8.83. The molecule has 0 bridgehead atoms. The highest BCUT2D eigenvalue weighted by atomic mass is 32.2. The number of hydrogen-bond acceptors (Lipinski definition) is 4. The summed E-state index contributed by atoms with van der Waals surface area (Å²) in [5.74, 6) is -0.496. The lowest BCUT2D eigenvalue weighted by molar-refractivity contribution is -0.137. The number of anilines is 2. The minimum Gasteiger partial charge on any atom is -0.322 e. The second-order valence-electron chi connectivity index (χ2n) is 6.32. The number of nitrogens with one attached hydrogen (secondary N) is 2. The molecular formula is C21H16F3N3O3S. The van der Waals surface area contributed by atoms with Crippen LogP contribution in [0.25, 0.3) is 6.08 Å². The number of nitrogens with zero attached hydrogens (tertiary/aromatic N) is 1. The Balaban J connectivity index is 1.74. The predicted molar refractivity (Wildman–Crippen MR) is 111 cm³/mol. The molecule has 0 atom stereocenters. The minimum atomic E-state index is -4.60. The first-order chi connectivity index (χ1) is 14.6. The van der Waals surface area contributed by atoms with Crippen LogP contribution in [0.5, 0.6) is 0 Å². The Labute approximate surface area is 176 Å². The molecule has 0 fully saturated rings. The van der Waals surface area contributed by atoms with Crippen molar-refractivity contribution in [3.05, 3.63) is 90.3 Å². The second-order valence-corrected chi connectivity index (χ2v) is 8.00. The maximum absolute atomic E-state index is 12.8. The monoisotopic (exact) mass is 447 g/mol. The molecule has 2 aromatic carbocycles. The van der Waals surface area contributed by atoms with Gasteiger partial charge in [0.25, 0.3) is 10.0 Å². The molecule has 6 nitrogen and oxygen atoms in total. The molecule has 3 rings (SSSR count). The zero-order chi connectivity index (χ0) is 22.5. The van der Waals surface area contributed by atoms with Crippen molar-refractivity contribution in [1.29, 1.82) is 0 Å². The number of hydrogen-bond donors (Lipinski definition) is 2. The van der Waals surface area contributed by atoms with E-state index in [1.165, 1.54) is 42.5 Å². The molecular weight excluding hydrogens is 431 g/mol. The van der Waals surface area contributed by atoms with Crippen LogP contribution in [0, 0.1) is 0 Å². The lowest BCUT2D eigenvalue weighted by atomic mass is 10.2. The Morgan fingerprint density at radius 3 is 2.42 bits per heavy atom. The summed E-state index contributed by atoms with van der Waals surface area (Å²) in [6.45, 7) is 0. The second kappa shape index (κ2) is 9.00. The Kier molecular flexibility index (Phi) is 6.40. The Hall–Kier alpha value is -3.66. The van der Waals surface area contributed by atoms with Crippen molar-refractivity contribution < 1.29 is 26.4 Å². The van der Waals surface area contributed by atoms with Crippen molar-refractivity contribution in [3.8, 4) is 0 Å². The van der Waals surface area contributed by atoms with Gasteiger partial charge < -0.3 is 5.32 Å². The molecule has 10 heteroatoms. The van der Waals surface area contributed by atoms with E-state index in [1.54, 1.807) is 24.5 Å². The standard InChI is InChI=1S/C21H16F3N3O3S/c22-21(23,24)16-5-1-7-18(12-16)27-31(29,30)19-8-2-6-17(13-19)26-20(28)10-9-15-4-3-11-25-14-15/h1-14,27H,(H,26,28). The largest absolute Gasteiger partial charge is 0.416 e. The summed E-state index contributed by atoms with van der Waals surface area (Å²) in [5, 5.41) is 2.53. The number of sulfonamides is 1. The van der Waals surface area contributed by atoms with Gasteiger partial charge in [-0.3, -0.25) is 14.5 Å². The van der Waals surface area contributed by atoms with E-state index in [0.717, 1.165) is 12.1 Å². The van der Waals surface area contributed by atoms with Crippen LogP contribution in [0.15, 0.2) is 84.0 Å². The highest BCUT2D eigenvalue weighted by Crippen LogP contribution is 2.31. The van der Waals surface area contributed by atoms with Gasteiger partial charge in [0.15, 0.2) is 0 Å². The van der Waals surface area contributed by atoms with E-state index >= 15 is 0 Å². The van der Waals surface area contributed by atoms with Gasteiger partial charge in [0.1, 0.15) is 0 Å². The summed E-state index contributed by atoms with van der Waals surface area (Å²) in [6, 6.07) is 12.7. The first-order valence-corrected chi connectivity index (χ1v) is 10.3. The highest BCUT2D eigenvalue weighted by Gasteiger charge is 2.30. The topological polar surface area (TPSA) is 88.2 Å². The quantitative estimate of drug-likeness (QED) is 0.543. The van der Waals surface area contributed by atoms with Crippen LogP contribution in [-0.4, -0.2) is 19.3 Å². The third-order valence-electron chi connectivity index (χ3n) is 3.97. The lowest BCUT2D eigenvalue weighted by Gasteiger charge is -2.12. The predicted octanol–water partition coefficient (Wildman–Crippen LogP) is 4.55. The number of amides is 1. The van der Waals surface area contributed by atoms with Crippen LogP contribution in [0.3, 0.4) is 0 Å². The molecule has 0 saturated carbocycles. The van der Waals surface area contributed by atoms with Gasteiger partial charge in [-0.2, -0.15) is 13.2 Å². The van der Waals surface area contributed by atoms with Crippen LogP contribution in [0.4, 0.5) is 24.5 Å². The van der Waals surface area contributed by atoms with Crippen LogP contribution < -0.4 is 10.0 Å². The number of halogens is 3. The van der Waals surface area contributed by atoms with Crippen LogP contribution in [0.1, 0.15) is 11.1 Å². The zero-order valence-electron chi connectivity index (χ0n) is 15.8. The fraction of sp³-hybridized carbons (Fsp3) is 0.0476. The molecule has 1 heterocycles. The third-order valence-corrected chi connectivity index (χ3v) is 5.34. The van der Waals surface area contributed by atoms with Gasteiger partial charge in [0.2, 0.25) is 5.91 Å². The minimum absolute atomic E-state index is 0.202. The Morgan fingerprint density at radius 1 is 0.968 bits per heavy atom. The molecule has 1 amide bonds. The molecule has 1 aromatic heterocycles. The normalized spacial score (nSPS) is 12.0. The molecule has 160 valence electrons. The molecule has 0 aliphatic heterocycles. The summed E-state index contributed by atoms with van der Waals surface area (Å²) in [6.07, 6.45) is 1.36. The molecule has 2 N–H and O–H groups in total. The van der Waals surface area contributed by atoms with E-state index in [0.29, 0.717) is 11.6 Å².